The number of nitrogens with one attached hydrogen (secondary N) is 1. The molecule has 1 aromatic heterocycles. The van der Waals surface area contributed by atoms with Crippen LogP contribution >= 0.6 is 11.3 Å². The Morgan fingerprint density at radius 2 is 2.64 bits per heavy atom. The van der Waals surface area contributed by atoms with Crippen LogP contribution in [0.1, 0.15) is 13.3 Å². The van der Waals surface area contributed by atoms with Crippen molar-refractivity contribution >= 4 is 22.4 Å². The molecule has 76 valence electrons. The summed E-state index contributed by atoms with van der Waals surface area (Å²) < 4.78 is 0. The largest absolute Gasteiger partial charge is 0.353 e. The van der Waals surface area contributed by atoms with Crippen LogP contribution in [0.4, 0.5) is 5.13 Å². The molecule has 0 spiro atoms. The number of thiazole rings is 1. The first-order valence-electron chi connectivity index (χ1n) is 4.76. The highest BCUT2D eigenvalue weighted by molar-refractivity contribution is 7.13. The van der Waals surface area contributed by atoms with Gasteiger partial charge in [-0.25, -0.2) is 4.98 Å². The Morgan fingerprint density at radius 3 is 3.29 bits per heavy atom. The van der Waals surface area contributed by atoms with Crippen LogP contribution in [0.3, 0.4) is 0 Å². The number of amides is 1. The van der Waals surface area contributed by atoms with E-state index < -0.39 is 0 Å². The zero-order valence-corrected chi connectivity index (χ0v) is 8.88. The molecule has 4 nitrogen and oxygen atoms in total. The number of hydrogen-bond acceptors (Lipinski definition) is 4. The summed E-state index contributed by atoms with van der Waals surface area (Å²) in [4.78, 5) is 17.9. The van der Waals surface area contributed by atoms with Gasteiger partial charge in [-0.1, -0.05) is 6.92 Å². The van der Waals surface area contributed by atoms with Crippen LogP contribution in [-0.2, 0) is 4.79 Å². The molecule has 2 rings (SSSR count). The maximum atomic E-state index is 11.6. The Hall–Kier alpha value is -1.10. The van der Waals surface area contributed by atoms with E-state index in [0.29, 0.717) is 0 Å². The first-order valence-corrected chi connectivity index (χ1v) is 5.64. The number of carbonyl (C=O) groups excluding carboxylic acids is 1. The van der Waals surface area contributed by atoms with E-state index in [1.54, 1.807) is 17.5 Å². The van der Waals surface area contributed by atoms with Crippen LogP contribution in [0.15, 0.2) is 11.6 Å². The summed E-state index contributed by atoms with van der Waals surface area (Å²) in [5, 5.41) is 5.76. The summed E-state index contributed by atoms with van der Waals surface area (Å²) in [6.07, 6.45) is 2.60. The van der Waals surface area contributed by atoms with E-state index in [-0.39, 0.29) is 11.9 Å². The number of hydrogen-bond donors (Lipinski definition) is 1. The number of anilines is 1. The van der Waals surface area contributed by atoms with Crippen LogP contribution in [-0.4, -0.2) is 30.0 Å². The van der Waals surface area contributed by atoms with Crippen molar-refractivity contribution in [2.75, 3.05) is 18.0 Å². The van der Waals surface area contributed by atoms with Crippen LogP contribution in [0.5, 0.6) is 0 Å². The molecule has 0 bridgehead atoms. The molecule has 1 N–H and O–H groups in total. The minimum Gasteiger partial charge on any atom is -0.353 e. The van der Waals surface area contributed by atoms with Crippen molar-refractivity contribution in [3.8, 4) is 0 Å². The van der Waals surface area contributed by atoms with Crippen LogP contribution in [0.25, 0.3) is 0 Å². The molecule has 1 aromatic rings. The quantitative estimate of drug-likeness (QED) is 0.789. The summed E-state index contributed by atoms with van der Waals surface area (Å²) in [6, 6.07) is -0.0464. The van der Waals surface area contributed by atoms with Crippen LogP contribution in [0, 0.1) is 0 Å². The van der Waals surface area contributed by atoms with E-state index in [2.05, 4.69) is 15.2 Å². The predicted molar refractivity (Wildman–Crippen MR) is 56.5 cm³/mol. The lowest BCUT2D eigenvalue weighted by Gasteiger charge is -2.34. The molecule has 1 atom stereocenters. The molecule has 0 aliphatic carbocycles. The second-order valence-electron chi connectivity index (χ2n) is 3.22. The molecular formula is C9H13N3OS. The molecule has 1 amide bonds. The number of carbonyl (C=O) groups is 1. The summed E-state index contributed by atoms with van der Waals surface area (Å²) in [5.41, 5.74) is 0. The molecular weight excluding hydrogens is 198 g/mol. The maximum Gasteiger partial charge on any atom is 0.242 e. The van der Waals surface area contributed by atoms with Gasteiger partial charge in [-0.2, -0.15) is 0 Å². The average Bonchev–Trinajstić information content (AvgIpc) is 2.70. The fraction of sp³-hybridized carbons (Fsp3) is 0.556. The third-order valence-electron chi connectivity index (χ3n) is 2.38. The Bertz CT molecular complexity index is 312. The minimum atomic E-state index is -0.0464. The lowest BCUT2D eigenvalue weighted by atomic mass is 10.1. The Kier molecular flexibility index (Phi) is 2.67. The Labute approximate surface area is 86.9 Å². The topological polar surface area (TPSA) is 45.2 Å². The number of rotatable bonds is 2. The average molecular weight is 211 g/mol. The third kappa shape index (κ3) is 1.59. The first kappa shape index (κ1) is 9.45. The molecule has 0 aromatic carbocycles. The smallest absolute Gasteiger partial charge is 0.242 e. The van der Waals surface area contributed by atoms with Crippen molar-refractivity contribution in [3.05, 3.63) is 11.6 Å². The SMILES string of the molecule is CCC1C(=O)NCCN1c1nccs1. The highest BCUT2D eigenvalue weighted by atomic mass is 32.1. The number of piperazine rings is 1. The van der Waals surface area contributed by atoms with Gasteiger partial charge < -0.3 is 10.2 Å². The number of nitrogens with zero attached hydrogens (tertiary/aromatic N) is 2. The predicted octanol–water partition coefficient (Wildman–Crippen LogP) is 0.858. The zero-order valence-electron chi connectivity index (χ0n) is 8.06. The van der Waals surface area contributed by atoms with Gasteiger partial charge in [0.15, 0.2) is 5.13 Å². The summed E-state index contributed by atoms with van der Waals surface area (Å²) >= 11 is 1.59. The monoisotopic (exact) mass is 211 g/mol. The Morgan fingerprint density at radius 1 is 1.79 bits per heavy atom. The highest BCUT2D eigenvalue weighted by Gasteiger charge is 2.29. The fourth-order valence-electron chi connectivity index (χ4n) is 1.71. The van der Waals surface area contributed by atoms with Gasteiger partial charge in [0, 0.05) is 24.7 Å². The molecule has 0 radical (unpaired) electrons. The van der Waals surface area contributed by atoms with E-state index in [1.807, 2.05) is 12.3 Å². The van der Waals surface area contributed by atoms with Crippen molar-refractivity contribution < 1.29 is 4.79 Å². The minimum absolute atomic E-state index is 0.0464. The van der Waals surface area contributed by atoms with Gasteiger partial charge in [0.1, 0.15) is 6.04 Å². The molecule has 1 unspecified atom stereocenters. The molecule has 5 heteroatoms. The van der Waals surface area contributed by atoms with Gasteiger partial charge in [-0.3, -0.25) is 4.79 Å². The van der Waals surface area contributed by atoms with Crippen LogP contribution in [0.2, 0.25) is 0 Å². The molecule has 0 saturated carbocycles. The standard InChI is InChI=1S/C9H13N3OS/c1-2-7-8(13)10-3-5-12(7)9-11-4-6-14-9/h4,6-7H,2-3,5H2,1H3,(H,10,13). The lowest BCUT2D eigenvalue weighted by molar-refractivity contribution is -0.123. The van der Waals surface area contributed by atoms with Crippen molar-refractivity contribution in [2.24, 2.45) is 0 Å². The highest BCUT2D eigenvalue weighted by Crippen LogP contribution is 2.22. The van der Waals surface area contributed by atoms with E-state index in [0.717, 1.165) is 24.6 Å². The van der Waals surface area contributed by atoms with Crippen molar-refractivity contribution in [1.82, 2.24) is 10.3 Å². The summed E-state index contributed by atoms with van der Waals surface area (Å²) in [7, 11) is 0. The molecule has 1 aliphatic heterocycles. The maximum absolute atomic E-state index is 11.6. The first-order chi connectivity index (χ1) is 6.83. The van der Waals surface area contributed by atoms with E-state index in [9.17, 15) is 4.79 Å². The van der Waals surface area contributed by atoms with E-state index in [1.165, 1.54) is 0 Å². The Balaban J connectivity index is 2.20. The molecule has 14 heavy (non-hydrogen) atoms. The second-order valence-corrected chi connectivity index (χ2v) is 4.10. The molecule has 1 fully saturated rings. The number of aromatic nitrogens is 1. The van der Waals surface area contributed by atoms with E-state index in [4.69, 9.17) is 0 Å². The van der Waals surface area contributed by atoms with Crippen molar-refractivity contribution in [2.45, 2.75) is 19.4 Å². The zero-order chi connectivity index (χ0) is 9.97. The third-order valence-corrected chi connectivity index (χ3v) is 3.19. The van der Waals surface area contributed by atoms with Crippen molar-refractivity contribution in [1.29, 1.82) is 0 Å². The molecule has 2 heterocycles. The molecule has 1 saturated heterocycles. The fourth-order valence-corrected chi connectivity index (χ4v) is 2.43. The van der Waals surface area contributed by atoms with Gasteiger partial charge >= 0.3 is 0 Å². The van der Waals surface area contributed by atoms with Gasteiger partial charge in [0.05, 0.1) is 0 Å². The normalized spacial score (nSPS) is 22.2. The second kappa shape index (κ2) is 3.96. The van der Waals surface area contributed by atoms with Gasteiger partial charge in [-0.15, -0.1) is 11.3 Å². The van der Waals surface area contributed by atoms with Gasteiger partial charge in [-0.05, 0) is 6.42 Å². The van der Waals surface area contributed by atoms with E-state index >= 15 is 0 Å². The lowest BCUT2D eigenvalue weighted by Crippen LogP contribution is -2.55. The van der Waals surface area contributed by atoms with Gasteiger partial charge in [0.2, 0.25) is 5.91 Å². The summed E-state index contributed by atoms with van der Waals surface area (Å²) in [5.74, 6) is 0.119. The van der Waals surface area contributed by atoms with Gasteiger partial charge in [0.25, 0.3) is 0 Å². The van der Waals surface area contributed by atoms with Crippen LogP contribution < -0.4 is 10.2 Å². The molecule has 1 aliphatic rings. The van der Waals surface area contributed by atoms with Crippen molar-refractivity contribution in [3.63, 3.8) is 0 Å². The summed E-state index contributed by atoms with van der Waals surface area (Å²) in [6.45, 7) is 3.60.